The lowest BCUT2D eigenvalue weighted by Crippen LogP contribution is -2.54. The van der Waals surface area contributed by atoms with E-state index in [-0.39, 0.29) is 42.3 Å². The Labute approximate surface area is 198 Å². The van der Waals surface area contributed by atoms with Crippen LogP contribution in [-0.4, -0.2) is 92.6 Å². The van der Waals surface area contributed by atoms with Gasteiger partial charge in [0.2, 0.25) is 0 Å². The Morgan fingerprint density at radius 2 is 1.83 bits per heavy atom. The molecule has 0 bridgehead atoms. The van der Waals surface area contributed by atoms with Crippen molar-refractivity contribution < 1.29 is 19.0 Å². The van der Waals surface area contributed by atoms with Gasteiger partial charge in [-0.1, -0.05) is 0 Å². The molecule has 3 heterocycles. The number of hydrogen-bond donors (Lipinski definition) is 1. The number of likely N-dealkylation sites (tertiary alicyclic amines) is 1. The van der Waals surface area contributed by atoms with Crippen LogP contribution in [0.2, 0.25) is 0 Å². The molecular formula is C21H39IN4O4. The predicted octanol–water partition coefficient (Wildman–Crippen LogP) is 2.71. The standard InChI is InChI=1S/C21H38N4O4.HI/c1-21(2,3)29-20(26)25-9-5-7-16(14-25)13-23-19(22-4)24-10-12-28-18(15-24)17-8-6-11-27-17;/h16-18H,5-15H2,1-4H3,(H,22,23);1H. The summed E-state index contributed by atoms with van der Waals surface area (Å²) in [5.41, 5.74) is -0.458. The number of nitrogens with one attached hydrogen (secondary N) is 1. The van der Waals surface area contributed by atoms with Crippen LogP contribution in [0.4, 0.5) is 4.79 Å². The number of carbonyl (C=O) groups excluding carboxylic acids is 1. The summed E-state index contributed by atoms with van der Waals surface area (Å²) in [6.07, 6.45) is 4.41. The first-order valence-corrected chi connectivity index (χ1v) is 11.0. The number of piperidine rings is 1. The molecule has 9 heteroatoms. The maximum Gasteiger partial charge on any atom is 0.410 e. The molecule has 3 rings (SSSR count). The number of morpholine rings is 1. The number of ether oxygens (including phenoxy) is 3. The number of hydrogen-bond acceptors (Lipinski definition) is 5. The van der Waals surface area contributed by atoms with E-state index in [2.05, 4.69) is 15.2 Å². The molecule has 0 aliphatic carbocycles. The van der Waals surface area contributed by atoms with Crippen LogP contribution in [0, 0.1) is 5.92 Å². The highest BCUT2D eigenvalue weighted by molar-refractivity contribution is 14.0. The Morgan fingerprint density at radius 3 is 2.50 bits per heavy atom. The highest BCUT2D eigenvalue weighted by Gasteiger charge is 2.33. The molecule has 174 valence electrons. The summed E-state index contributed by atoms with van der Waals surface area (Å²) in [5, 5.41) is 3.53. The quantitative estimate of drug-likeness (QED) is 0.339. The van der Waals surface area contributed by atoms with E-state index in [0.29, 0.717) is 12.5 Å². The van der Waals surface area contributed by atoms with Gasteiger partial charge in [-0.3, -0.25) is 4.99 Å². The number of amides is 1. The smallest absolute Gasteiger partial charge is 0.410 e. The third-order valence-corrected chi connectivity index (χ3v) is 5.70. The second-order valence-corrected chi connectivity index (χ2v) is 9.27. The zero-order valence-electron chi connectivity index (χ0n) is 18.9. The van der Waals surface area contributed by atoms with Crippen molar-refractivity contribution in [3.05, 3.63) is 0 Å². The van der Waals surface area contributed by atoms with E-state index in [9.17, 15) is 4.79 Å². The lowest BCUT2D eigenvalue weighted by atomic mass is 9.98. The van der Waals surface area contributed by atoms with Gasteiger partial charge in [0.15, 0.2) is 5.96 Å². The van der Waals surface area contributed by atoms with E-state index in [1.54, 1.807) is 0 Å². The van der Waals surface area contributed by atoms with Gasteiger partial charge < -0.3 is 29.3 Å². The van der Waals surface area contributed by atoms with Gasteiger partial charge >= 0.3 is 6.09 Å². The number of halogens is 1. The second-order valence-electron chi connectivity index (χ2n) is 9.27. The first-order chi connectivity index (χ1) is 13.9. The zero-order valence-corrected chi connectivity index (χ0v) is 21.2. The van der Waals surface area contributed by atoms with Crippen LogP contribution in [-0.2, 0) is 14.2 Å². The van der Waals surface area contributed by atoms with Crippen LogP contribution in [0.15, 0.2) is 4.99 Å². The van der Waals surface area contributed by atoms with E-state index in [1.165, 1.54) is 0 Å². The van der Waals surface area contributed by atoms with E-state index in [1.807, 2.05) is 32.7 Å². The van der Waals surface area contributed by atoms with E-state index < -0.39 is 5.60 Å². The molecule has 0 aromatic rings. The largest absolute Gasteiger partial charge is 0.444 e. The number of guanidine groups is 1. The minimum Gasteiger partial charge on any atom is -0.444 e. The molecule has 30 heavy (non-hydrogen) atoms. The van der Waals surface area contributed by atoms with Crippen LogP contribution < -0.4 is 5.32 Å². The summed E-state index contributed by atoms with van der Waals surface area (Å²) in [5.74, 6) is 1.30. The van der Waals surface area contributed by atoms with Gasteiger partial charge in [0.25, 0.3) is 0 Å². The molecule has 0 spiro atoms. The summed E-state index contributed by atoms with van der Waals surface area (Å²) in [6, 6.07) is 0. The zero-order chi connectivity index (χ0) is 20.9. The number of rotatable bonds is 3. The van der Waals surface area contributed by atoms with Crippen molar-refractivity contribution in [2.75, 3.05) is 53.0 Å². The highest BCUT2D eigenvalue weighted by atomic mass is 127. The molecular weight excluding hydrogens is 499 g/mol. The van der Waals surface area contributed by atoms with Gasteiger partial charge in [0.1, 0.15) is 11.7 Å². The maximum absolute atomic E-state index is 12.4. The minimum atomic E-state index is -0.458. The molecule has 3 atom stereocenters. The molecule has 0 aromatic carbocycles. The fourth-order valence-electron chi connectivity index (χ4n) is 4.28. The molecule has 3 saturated heterocycles. The molecule has 3 aliphatic rings. The van der Waals surface area contributed by atoms with Crippen molar-refractivity contribution in [1.82, 2.24) is 15.1 Å². The van der Waals surface area contributed by atoms with Crippen molar-refractivity contribution in [2.24, 2.45) is 10.9 Å². The Bertz CT molecular complexity index is 578. The van der Waals surface area contributed by atoms with E-state index >= 15 is 0 Å². The fraction of sp³-hybridized carbons (Fsp3) is 0.905. The SMILES string of the molecule is CN=C(NCC1CCCN(C(=O)OC(C)(C)C)C1)N1CCOC(C2CCCO2)C1.I. The van der Waals surface area contributed by atoms with Gasteiger partial charge in [-0.15, -0.1) is 24.0 Å². The summed E-state index contributed by atoms with van der Waals surface area (Å²) < 4.78 is 17.3. The molecule has 0 radical (unpaired) electrons. The Morgan fingerprint density at radius 1 is 1.07 bits per heavy atom. The van der Waals surface area contributed by atoms with Gasteiger partial charge in [-0.05, 0) is 52.4 Å². The first kappa shape index (κ1) is 25.5. The molecule has 1 N–H and O–H groups in total. The van der Waals surface area contributed by atoms with Crippen LogP contribution in [0.5, 0.6) is 0 Å². The molecule has 0 aromatic heterocycles. The highest BCUT2D eigenvalue weighted by Crippen LogP contribution is 2.22. The average molecular weight is 538 g/mol. The molecule has 3 aliphatic heterocycles. The van der Waals surface area contributed by atoms with Crippen molar-refractivity contribution in [3.8, 4) is 0 Å². The Kier molecular flexibility index (Phi) is 9.93. The van der Waals surface area contributed by atoms with Crippen molar-refractivity contribution >= 4 is 36.0 Å². The van der Waals surface area contributed by atoms with Crippen molar-refractivity contribution in [2.45, 2.75) is 64.3 Å². The third kappa shape index (κ3) is 7.40. The van der Waals surface area contributed by atoms with E-state index in [0.717, 1.165) is 71.0 Å². The Hall–Kier alpha value is -0.810. The van der Waals surface area contributed by atoms with Gasteiger partial charge in [0, 0.05) is 46.4 Å². The lowest BCUT2D eigenvalue weighted by molar-refractivity contribution is -0.0817. The van der Waals surface area contributed by atoms with Gasteiger partial charge in [-0.2, -0.15) is 0 Å². The van der Waals surface area contributed by atoms with Crippen LogP contribution in [0.1, 0.15) is 46.5 Å². The fourth-order valence-corrected chi connectivity index (χ4v) is 4.28. The van der Waals surface area contributed by atoms with Gasteiger partial charge in [0.05, 0.1) is 12.7 Å². The van der Waals surface area contributed by atoms with Crippen LogP contribution >= 0.6 is 24.0 Å². The number of nitrogens with zero attached hydrogens (tertiary/aromatic N) is 3. The maximum atomic E-state index is 12.4. The predicted molar refractivity (Wildman–Crippen MR) is 128 cm³/mol. The lowest BCUT2D eigenvalue weighted by Gasteiger charge is -2.38. The van der Waals surface area contributed by atoms with Crippen molar-refractivity contribution in [1.29, 1.82) is 0 Å². The molecule has 1 amide bonds. The first-order valence-electron chi connectivity index (χ1n) is 11.0. The number of carbonyl (C=O) groups is 1. The summed E-state index contributed by atoms with van der Waals surface area (Å²) >= 11 is 0. The Balaban J connectivity index is 0.00000320. The van der Waals surface area contributed by atoms with Crippen LogP contribution in [0.25, 0.3) is 0 Å². The van der Waals surface area contributed by atoms with Crippen LogP contribution in [0.3, 0.4) is 0 Å². The monoisotopic (exact) mass is 538 g/mol. The van der Waals surface area contributed by atoms with E-state index in [4.69, 9.17) is 14.2 Å². The minimum absolute atomic E-state index is 0. The topological polar surface area (TPSA) is 75.6 Å². The summed E-state index contributed by atoms with van der Waals surface area (Å²) in [6.45, 7) is 11.2. The van der Waals surface area contributed by atoms with Gasteiger partial charge in [-0.25, -0.2) is 4.79 Å². The average Bonchev–Trinajstić information content (AvgIpc) is 3.23. The molecule has 8 nitrogen and oxygen atoms in total. The number of aliphatic imine (C=N–C) groups is 1. The van der Waals surface area contributed by atoms with Crippen molar-refractivity contribution in [3.63, 3.8) is 0 Å². The molecule has 3 fully saturated rings. The summed E-state index contributed by atoms with van der Waals surface area (Å²) in [7, 11) is 1.83. The normalized spacial score (nSPS) is 28.1. The third-order valence-electron chi connectivity index (χ3n) is 5.70. The second kappa shape index (κ2) is 11.7. The molecule has 0 saturated carbocycles. The summed E-state index contributed by atoms with van der Waals surface area (Å²) in [4.78, 5) is 21.0. The molecule has 3 unspecified atom stereocenters.